The van der Waals surface area contributed by atoms with Gasteiger partial charge in [0.05, 0.1) is 6.42 Å². The summed E-state index contributed by atoms with van der Waals surface area (Å²) >= 11 is 0. The Kier molecular flexibility index (Phi) is 2.68. The van der Waals surface area contributed by atoms with Crippen molar-refractivity contribution in [1.82, 2.24) is 0 Å². The van der Waals surface area contributed by atoms with E-state index >= 15 is 0 Å². The lowest BCUT2D eigenvalue weighted by atomic mass is 10.1. The van der Waals surface area contributed by atoms with Crippen LogP contribution in [0.4, 0.5) is 0 Å². The highest BCUT2D eigenvalue weighted by Crippen LogP contribution is 1.99. The molecule has 0 atom stereocenters. The number of nitro groups is 1. The van der Waals surface area contributed by atoms with Crippen LogP contribution in [0, 0.1) is 10.1 Å². The maximum atomic E-state index is 11.0. The number of Topliss-reactive ketones (excluding diaryl/α,β-unsaturated/α-hetero) is 2. The Hall–Kier alpha value is -1.79. The van der Waals surface area contributed by atoms with E-state index in [9.17, 15) is 19.7 Å². The van der Waals surface area contributed by atoms with Crippen LogP contribution in [-0.2, 0) is 14.4 Å². The average molecular weight is 186 g/mol. The summed E-state index contributed by atoms with van der Waals surface area (Å²) in [4.78, 5) is 35.5. The molecule has 0 saturated carbocycles. The quantitative estimate of drug-likeness (QED) is 0.421. The maximum absolute atomic E-state index is 11.0. The van der Waals surface area contributed by atoms with Crippen molar-refractivity contribution in [2.45, 2.75) is 6.42 Å². The number of rotatable bonds is 4. The van der Waals surface area contributed by atoms with Crippen molar-refractivity contribution < 1.29 is 19.3 Å². The first kappa shape index (κ1) is 9.30. The molecule has 1 rings (SSSR count). The summed E-state index contributed by atoms with van der Waals surface area (Å²) < 4.78 is 0. The van der Waals surface area contributed by atoms with Gasteiger partial charge in [0, 0.05) is 4.92 Å². The standard InChI is InChI=1S/C6H6N2O5/c9-4(1-2-8(11)12)6-5(10)3-13-7-6/h1-3H2. The zero-order valence-corrected chi connectivity index (χ0v) is 6.56. The molecule has 0 bridgehead atoms. The summed E-state index contributed by atoms with van der Waals surface area (Å²) in [5.74, 6) is -1.16. The number of oxime groups is 1. The molecule has 0 spiro atoms. The molecule has 0 N–H and O–H groups in total. The molecule has 0 aromatic heterocycles. The molecule has 0 amide bonds. The van der Waals surface area contributed by atoms with Crippen molar-refractivity contribution in [3.05, 3.63) is 10.1 Å². The molecule has 7 heteroatoms. The van der Waals surface area contributed by atoms with E-state index in [-0.39, 0.29) is 18.7 Å². The average Bonchev–Trinajstić information content (AvgIpc) is 2.47. The minimum atomic E-state index is -0.640. The van der Waals surface area contributed by atoms with E-state index in [2.05, 4.69) is 9.99 Å². The van der Waals surface area contributed by atoms with Crippen molar-refractivity contribution in [2.75, 3.05) is 13.2 Å². The van der Waals surface area contributed by atoms with Gasteiger partial charge in [-0.15, -0.1) is 0 Å². The third-order valence-electron chi connectivity index (χ3n) is 1.40. The van der Waals surface area contributed by atoms with Crippen LogP contribution in [-0.4, -0.2) is 35.4 Å². The Balaban J connectivity index is 2.48. The van der Waals surface area contributed by atoms with Gasteiger partial charge in [-0.25, -0.2) is 0 Å². The van der Waals surface area contributed by atoms with Crippen molar-refractivity contribution in [3.8, 4) is 0 Å². The molecule has 7 nitrogen and oxygen atoms in total. The minimum absolute atomic E-state index is 0.250. The second-order valence-corrected chi connectivity index (χ2v) is 2.37. The molecule has 0 aromatic rings. The zero-order chi connectivity index (χ0) is 9.84. The fourth-order valence-electron chi connectivity index (χ4n) is 0.792. The van der Waals surface area contributed by atoms with Gasteiger partial charge >= 0.3 is 0 Å². The van der Waals surface area contributed by atoms with Gasteiger partial charge in [0.25, 0.3) is 0 Å². The van der Waals surface area contributed by atoms with Gasteiger partial charge in [0.1, 0.15) is 0 Å². The van der Waals surface area contributed by atoms with Crippen molar-refractivity contribution in [3.63, 3.8) is 0 Å². The number of ketones is 2. The monoisotopic (exact) mass is 186 g/mol. The Morgan fingerprint density at radius 3 is 2.85 bits per heavy atom. The van der Waals surface area contributed by atoms with Crippen LogP contribution in [0.2, 0.25) is 0 Å². The fourth-order valence-corrected chi connectivity index (χ4v) is 0.792. The molecular weight excluding hydrogens is 180 g/mol. The lowest BCUT2D eigenvalue weighted by Crippen LogP contribution is -2.24. The lowest BCUT2D eigenvalue weighted by Gasteiger charge is -1.91. The second kappa shape index (κ2) is 3.74. The van der Waals surface area contributed by atoms with Gasteiger partial charge in [-0.3, -0.25) is 19.7 Å². The summed E-state index contributed by atoms with van der Waals surface area (Å²) in [5, 5.41) is 13.1. The highest BCUT2D eigenvalue weighted by Gasteiger charge is 2.26. The predicted molar refractivity (Wildman–Crippen MR) is 39.9 cm³/mol. The third kappa shape index (κ3) is 2.32. The van der Waals surface area contributed by atoms with E-state index in [1.807, 2.05) is 0 Å². The Labute approximate surface area is 72.5 Å². The van der Waals surface area contributed by atoms with Crippen LogP contribution < -0.4 is 0 Å². The summed E-state index contributed by atoms with van der Waals surface area (Å²) in [5.41, 5.74) is -0.318. The molecule has 1 aliphatic rings. The van der Waals surface area contributed by atoms with Crippen LogP contribution in [0.3, 0.4) is 0 Å². The van der Waals surface area contributed by atoms with Crippen molar-refractivity contribution in [1.29, 1.82) is 0 Å². The maximum Gasteiger partial charge on any atom is 0.228 e. The molecule has 70 valence electrons. The van der Waals surface area contributed by atoms with E-state index < -0.39 is 23.0 Å². The van der Waals surface area contributed by atoms with E-state index in [0.717, 1.165) is 0 Å². The molecule has 1 heterocycles. The lowest BCUT2D eigenvalue weighted by molar-refractivity contribution is -0.478. The molecule has 0 aromatic carbocycles. The first-order valence-electron chi connectivity index (χ1n) is 3.49. The Bertz CT molecular complexity index is 295. The SMILES string of the molecule is O=C(CC[N+](=O)[O-])C1=NOCC1=O. The van der Waals surface area contributed by atoms with Crippen LogP contribution in [0.25, 0.3) is 0 Å². The number of carbonyl (C=O) groups excluding carboxylic acids is 2. The normalized spacial score (nSPS) is 15.1. The first-order chi connectivity index (χ1) is 6.11. The van der Waals surface area contributed by atoms with E-state index in [0.29, 0.717) is 0 Å². The Morgan fingerprint density at radius 2 is 2.38 bits per heavy atom. The molecule has 0 unspecified atom stereocenters. The van der Waals surface area contributed by atoms with Crippen LogP contribution in [0.15, 0.2) is 5.16 Å². The summed E-state index contributed by atoms with van der Waals surface area (Å²) in [6.07, 6.45) is -0.319. The summed E-state index contributed by atoms with van der Waals surface area (Å²) in [7, 11) is 0. The van der Waals surface area contributed by atoms with Gasteiger partial charge < -0.3 is 4.84 Å². The van der Waals surface area contributed by atoms with Gasteiger partial charge in [0.15, 0.2) is 18.1 Å². The first-order valence-corrected chi connectivity index (χ1v) is 3.49. The molecule has 0 saturated heterocycles. The number of hydrogen-bond donors (Lipinski definition) is 0. The molecule has 13 heavy (non-hydrogen) atoms. The van der Waals surface area contributed by atoms with Crippen LogP contribution >= 0.6 is 0 Å². The smallest absolute Gasteiger partial charge is 0.228 e. The van der Waals surface area contributed by atoms with Crippen LogP contribution in [0.1, 0.15) is 6.42 Å². The van der Waals surface area contributed by atoms with Gasteiger partial charge in [-0.1, -0.05) is 5.16 Å². The summed E-state index contributed by atoms with van der Waals surface area (Å²) in [6.45, 7) is -0.745. The third-order valence-corrected chi connectivity index (χ3v) is 1.40. The molecule has 1 aliphatic heterocycles. The molecular formula is C6H6N2O5. The largest absolute Gasteiger partial charge is 0.387 e. The van der Waals surface area contributed by atoms with Crippen LogP contribution in [0.5, 0.6) is 0 Å². The van der Waals surface area contributed by atoms with E-state index in [4.69, 9.17) is 0 Å². The van der Waals surface area contributed by atoms with Crippen molar-refractivity contribution >= 4 is 17.3 Å². The van der Waals surface area contributed by atoms with Gasteiger partial charge in [-0.05, 0) is 0 Å². The second-order valence-electron chi connectivity index (χ2n) is 2.37. The van der Waals surface area contributed by atoms with E-state index in [1.165, 1.54) is 0 Å². The fraction of sp³-hybridized carbons (Fsp3) is 0.500. The topological polar surface area (TPSA) is 98.9 Å². The number of nitrogens with zero attached hydrogens (tertiary/aromatic N) is 2. The summed E-state index contributed by atoms with van der Waals surface area (Å²) in [6, 6.07) is 0. The predicted octanol–water partition coefficient (Wildman–Crippen LogP) is -0.822. The highest BCUT2D eigenvalue weighted by molar-refractivity contribution is 6.66. The van der Waals surface area contributed by atoms with Gasteiger partial charge in [-0.2, -0.15) is 0 Å². The minimum Gasteiger partial charge on any atom is -0.387 e. The highest BCUT2D eigenvalue weighted by atomic mass is 16.6. The molecule has 0 radical (unpaired) electrons. The molecule has 0 aliphatic carbocycles. The van der Waals surface area contributed by atoms with E-state index in [1.54, 1.807) is 0 Å². The number of carbonyl (C=O) groups is 2. The zero-order valence-electron chi connectivity index (χ0n) is 6.56. The Morgan fingerprint density at radius 1 is 1.69 bits per heavy atom. The number of hydrogen-bond acceptors (Lipinski definition) is 6. The molecule has 0 fully saturated rings. The van der Waals surface area contributed by atoms with Gasteiger partial charge in [0.2, 0.25) is 12.3 Å². The van der Waals surface area contributed by atoms with Crippen molar-refractivity contribution in [2.24, 2.45) is 5.16 Å².